The van der Waals surface area contributed by atoms with Crippen LogP contribution < -0.4 is 11.1 Å². The first-order valence-electron chi connectivity index (χ1n) is 3.36. The number of likely N-dealkylation sites (N-methyl/N-ethyl adjacent to an activating group) is 1. The molecule has 0 bridgehead atoms. The van der Waals surface area contributed by atoms with E-state index in [1.807, 2.05) is 0 Å². The molecule has 0 radical (unpaired) electrons. The molecule has 0 amide bonds. The summed E-state index contributed by atoms with van der Waals surface area (Å²) < 4.78 is 0. The molecule has 0 heterocycles. The van der Waals surface area contributed by atoms with Crippen molar-refractivity contribution in [2.45, 2.75) is 19.3 Å². The van der Waals surface area contributed by atoms with Gasteiger partial charge in [0.05, 0.1) is 6.10 Å². The number of aliphatic hydroxyl groups is 2. The van der Waals surface area contributed by atoms with Gasteiger partial charge in [-0.15, -0.1) is 0 Å². The lowest BCUT2D eigenvalue weighted by Crippen LogP contribution is -2.40. The predicted molar refractivity (Wildman–Crippen MR) is 39.3 cm³/mol. The van der Waals surface area contributed by atoms with Crippen molar-refractivity contribution in [3.8, 4) is 0 Å². The van der Waals surface area contributed by atoms with Crippen LogP contribution in [0, 0.1) is 5.92 Å². The molecule has 0 saturated carbocycles. The first-order chi connectivity index (χ1) is 4.59. The van der Waals surface area contributed by atoms with Crippen LogP contribution in [0.1, 0.15) is 6.92 Å². The van der Waals surface area contributed by atoms with Gasteiger partial charge in [0, 0.05) is 12.5 Å². The minimum atomic E-state index is -0.941. The van der Waals surface area contributed by atoms with E-state index in [-0.39, 0.29) is 5.92 Å². The average Bonchev–Trinajstić information content (AvgIpc) is 1.87. The summed E-state index contributed by atoms with van der Waals surface area (Å²) in [5, 5.41) is 20.8. The van der Waals surface area contributed by atoms with Gasteiger partial charge in [0.1, 0.15) is 6.23 Å². The average molecular weight is 148 g/mol. The number of nitrogens with two attached hydrogens (primary N) is 1. The van der Waals surface area contributed by atoms with Crippen LogP contribution in [0.25, 0.3) is 0 Å². The molecule has 3 atom stereocenters. The van der Waals surface area contributed by atoms with Crippen molar-refractivity contribution in [1.82, 2.24) is 5.32 Å². The molecule has 0 aliphatic carbocycles. The maximum absolute atomic E-state index is 9.19. The van der Waals surface area contributed by atoms with E-state index in [4.69, 9.17) is 10.8 Å². The van der Waals surface area contributed by atoms with E-state index in [0.29, 0.717) is 6.54 Å². The molecule has 3 unspecified atom stereocenters. The van der Waals surface area contributed by atoms with Crippen LogP contribution in [0.2, 0.25) is 0 Å². The fourth-order valence-corrected chi connectivity index (χ4v) is 0.623. The zero-order valence-electron chi connectivity index (χ0n) is 6.41. The Morgan fingerprint density at radius 1 is 1.50 bits per heavy atom. The number of rotatable bonds is 4. The van der Waals surface area contributed by atoms with Crippen LogP contribution in [0.3, 0.4) is 0 Å². The van der Waals surface area contributed by atoms with Crippen LogP contribution in [-0.2, 0) is 0 Å². The van der Waals surface area contributed by atoms with Gasteiger partial charge in [-0.1, -0.05) is 6.92 Å². The van der Waals surface area contributed by atoms with Gasteiger partial charge in [-0.3, -0.25) is 0 Å². The SMILES string of the molecule is CNCC(O)C(C)C(N)O. The molecule has 62 valence electrons. The summed E-state index contributed by atoms with van der Waals surface area (Å²) in [7, 11) is 1.73. The fourth-order valence-electron chi connectivity index (χ4n) is 0.623. The summed E-state index contributed by atoms with van der Waals surface area (Å²) in [6, 6.07) is 0. The van der Waals surface area contributed by atoms with E-state index >= 15 is 0 Å². The lowest BCUT2D eigenvalue weighted by Gasteiger charge is -2.20. The van der Waals surface area contributed by atoms with Crippen molar-refractivity contribution >= 4 is 0 Å². The normalized spacial score (nSPS) is 20.1. The zero-order chi connectivity index (χ0) is 8.15. The quantitative estimate of drug-likeness (QED) is 0.365. The topological polar surface area (TPSA) is 78.5 Å². The second-order valence-corrected chi connectivity index (χ2v) is 2.47. The van der Waals surface area contributed by atoms with Crippen LogP contribution in [0.5, 0.6) is 0 Å². The van der Waals surface area contributed by atoms with Gasteiger partial charge < -0.3 is 21.3 Å². The molecule has 0 spiro atoms. The van der Waals surface area contributed by atoms with Gasteiger partial charge in [-0.05, 0) is 7.05 Å². The summed E-state index contributed by atoms with van der Waals surface area (Å²) in [5.41, 5.74) is 5.13. The smallest absolute Gasteiger partial charge is 0.107 e. The molecule has 4 nitrogen and oxygen atoms in total. The van der Waals surface area contributed by atoms with Crippen LogP contribution in [0.4, 0.5) is 0 Å². The van der Waals surface area contributed by atoms with Crippen molar-refractivity contribution in [2.75, 3.05) is 13.6 Å². The lowest BCUT2D eigenvalue weighted by molar-refractivity contribution is 0.0268. The summed E-state index contributed by atoms with van der Waals surface area (Å²) in [5.74, 6) is -0.285. The predicted octanol–water partition coefficient (Wildman–Crippen LogP) is -1.52. The third-order valence-corrected chi connectivity index (χ3v) is 1.56. The third-order valence-electron chi connectivity index (χ3n) is 1.56. The van der Waals surface area contributed by atoms with Gasteiger partial charge >= 0.3 is 0 Å². The fraction of sp³-hybridized carbons (Fsp3) is 1.00. The van der Waals surface area contributed by atoms with E-state index in [0.717, 1.165) is 0 Å². The summed E-state index contributed by atoms with van der Waals surface area (Å²) in [6.07, 6.45) is -1.52. The highest BCUT2D eigenvalue weighted by Gasteiger charge is 2.17. The van der Waals surface area contributed by atoms with Crippen LogP contribution in [-0.4, -0.2) is 36.1 Å². The Hall–Kier alpha value is -0.160. The van der Waals surface area contributed by atoms with E-state index in [9.17, 15) is 5.11 Å². The number of nitrogens with one attached hydrogen (secondary N) is 1. The van der Waals surface area contributed by atoms with Crippen LogP contribution in [0.15, 0.2) is 0 Å². The molecule has 4 heteroatoms. The minimum absolute atomic E-state index is 0.285. The molecular weight excluding hydrogens is 132 g/mol. The molecular formula is C6H16N2O2. The van der Waals surface area contributed by atoms with Crippen molar-refractivity contribution in [3.63, 3.8) is 0 Å². The molecule has 0 aliphatic rings. The molecule has 5 N–H and O–H groups in total. The van der Waals surface area contributed by atoms with Crippen molar-refractivity contribution < 1.29 is 10.2 Å². The Labute approximate surface area is 61.0 Å². The Morgan fingerprint density at radius 3 is 2.30 bits per heavy atom. The molecule has 0 aromatic rings. The van der Waals surface area contributed by atoms with Gasteiger partial charge in [0.2, 0.25) is 0 Å². The molecule has 10 heavy (non-hydrogen) atoms. The molecule has 0 fully saturated rings. The van der Waals surface area contributed by atoms with Gasteiger partial charge in [-0.25, -0.2) is 0 Å². The van der Waals surface area contributed by atoms with Crippen molar-refractivity contribution in [3.05, 3.63) is 0 Å². The number of hydrogen-bond donors (Lipinski definition) is 4. The molecule has 0 aromatic carbocycles. The van der Waals surface area contributed by atoms with E-state index in [1.54, 1.807) is 14.0 Å². The third kappa shape index (κ3) is 3.12. The Morgan fingerprint density at radius 2 is 2.00 bits per heavy atom. The summed E-state index contributed by atoms with van der Waals surface area (Å²) in [4.78, 5) is 0. The monoisotopic (exact) mass is 148 g/mol. The zero-order valence-corrected chi connectivity index (χ0v) is 6.41. The second kappa shape index (κ2) is 4.62. The first-order valence-corrected chi connectivity index (χ1v) is 3.36. The Kier molecular flexibility index (Phi) is 4.55. The van der Waals surface area contributed by atoms with Gasteiger partial charge in [0.25, 0.3) is 0 Å². The first kappa shape index (κ1) is 9.84. The molecule has 0 rings (SSSR count). The van der Waals surface area contributed by atoms with Crippen molar-refractivity contribution in [2.24, 2.45) is 11.7 Å². The standard InChI is InChI=1S/C6H16N2O2/c1-4(6(7)10)5(9)3-8-2/h4-6,8-10H,3,7H2,1-2H3. The summed E-state index contributed by atoms with van der Waals surface area (Å²) in [6.45, 7) is 2.15. The highest BCUT2D eigenvalue weighted by atomic mass is 16.3. The molecule has 0 aromatic heterocycles. The lowest BCUT2D eigenvalue weighted by atomic mass is 10.0. The highest BCUT2D eigenvalue weighted by molar-refractivity contribution is 4.69. The largest absolute Gasteiger partial charge is 0.391 e. The highest BCUT2D eigenvalue weighted by Crippen LogP contribution is 2.03. The van der Waals surface area contributed by atoms with E-state index in [1.165, 1.54) is 0 Å². The number of hydrogen-bond acceptors (Lipinski definition) is 4. The summed E-state index contributed by atoms with van der Waals surface area (Å²) >= 11 is 0. The molecule has 0 aliphatic heterocycles. The van der Waals surface area contributed by atoms with Crippen LogP contribution >= 0.6 is 0 Å². The Balaban J connectivity index is 3.58. The minimum Gasteiger partial charge on any atom is -0.391 e. The van der Waals surface area contributed by atoms with Gasteiger partial charge in [-0.2, -0.15) is 0 Å². The maximum Gasteiger partial charge on any atom is 0.107 e. The van der Waals surface area contributed by atoms with Crippen molar-refractivity contribution in [1.29, 1.82) is 0 Å². The Bertz CT molecular complexity index is 87.8. The molecule has 0 saturated heterocycles. The number of aliphatic hydroxyl groups excluding tert-OH is 2. The van der Waals surface area contributed by atoms with E-state index < -0.39 is 12.3 Å². The van der Waals surface area contributed by atoms with Gasteiger partial charge in [0.15, 0.2) is 0 Å². The maximum atomic E-state index is 9.19. The van der Waals surface area contributed by atoms with E-state index in [2.05, 4.69) is 5.32 Å². The second-order valence-electron chi connectivity index (χ2n) is 2.47.